The number of nitrogens with one attached hydrogen (secondary N) is 1. The van der Waals surface area contributed by atoms with E-state index < -0.39 is 0 Å². The highest BCUT2D eigenvalue weighted by Gasteiger charge is 2.16. The Balaban J connectivity index is 1.76. The lowest BCUT2D eigenvalue weighted by atomic mass is 10.1. The van der Waals surface area contributed by atoms with Crippen LogP contribution in [0.25, 0.3) is 0 Å². The van der Waals surface area contributed by atoms with Crippen LogP contribution in [-0.2, 0) is 13.1 Å². The lowest BCUT2D eigenvalue weighted by Crippen LogP contribution is -2.33. The molecule has 0 atom stereocenters. The van der Waals surface area contributed by atoms with E-state index in [2.05, 4.69) is 11.4 Å². The summed E-state index contributed by atoms with van der Waals surface area (Å²) in [5.74, 6) is 0. The van der Waals surface area contributed by atoms with Crippen molar-refractivity contribution in [3.05, 3.63) is 75.9 Å². The largest absolute Gasteiger partial charge is 0.472 e. The molecular formula is C19H20N2O2S. The number of urea groups is 1. The van der Waals surface area contributed by atoms with Gasteiger partial charge in [-0.2, -0.15) is 0 Å². The zero-order valence-corrected chi connectivity index (χ0v) is 14.6. The van der Waals surface area contributed by atoms with Gasteiger partial charge in [0, 0.05) is 16.1 Å². The van der Waals surface area contributed by atoms with Crippen LogP contribution < -0.4 is 5.32 Å². The van der Waals surface area contributed by atoms with Crippen molar-refractivity contribution in [2.24, 2.45) is 0 Å². The smallest absolute Gasteiger partial charge is 0.322 e. The number of carbonyl (C=O) groups is 1. The Labute approximate surface area is 145 Å². The first kappa shape index (κ1) is 16.3. The van der Waals surface area contributed by atoms with Crippen LogP contribution in [0.2, 0.25) is 0 Å². The number of furan rings is 1. The molecule has 0 aliphatic carbocycles. The van der Waals surface area contributed by atoms with Crippen molar-refractivity contribution in [1.29, 1.82) is 0 Å². The van der Waals surface area contributed by atoms with Crippen LogP contribution in [0.3, 0.4) is 0 Å². The second-order valence-electron chi connectivity index (χ2n) is 5.87. The molecule has 124 valence electrons. The number of nitrogens with zero attached hydrogens (tertiary/aromatic N) is 1. The van der Waals surface area contributed by atoms with E-state index in [1.54, 1.807) is 28.8 Å². The summed E-state index contributed by atoms with van der Waals surface area (Å²) in [6.45, 7) is 5.12. The number of thiophene rings is 1. The van der Waals surface area contributed by atoms with Gasteiger partial charge in [0.25, 0.3) is 0 Å². The molecule has 4 nitrogen and oxygen atoms in total. The van der Waals surface area contributed by atoms with Crippen LogP contribution in [-0.4, -0.2) is 10.9 Å². The van der Waals surface area contributed by atoms with E-state index in [4.69, 9.17) is 4.42 Å². The van der Waals surface area contributed by atoms with Crippen LogP contribution in [0.1, 0.15) is 21.6 Å². The van der Waals surface area contributed by atoms with Gasteiger partial charge < -0.3 is 14.6 Å². The Morgan fingerprint density at radius 3 is 2.58 bits per heavy atom. The van der Waals surface area contributed by atoms with Crippen LogP contribution in [0, 0.1) is 13.8 Å². The number of rotatable bonds is 5. The lowest BCUT2D eigenvalue weighted by molar-refractivity contribution is 0.207. The molecule has 0 aliphatic heterocycles. The summed E-state index contributed by atoms with van der Waals surface area (Å²) in [4.78, 5) is 15.7. The molecule has 1 N–H and O–H groups in total. The first-order valence-electron chi connectivity index (χ1n) is 7.78. The molecule has 0 aliphatic rings. The number of hydrogen-bond acceptors (Lipinski definition) is 3. The van der Waals surface area contributed by atoms with Crippen molar-refractivity contribution in [3.8, 4) is 0 Å². The van der Waals surface area contributed by atoms with E-state index >= 15 is 0 Å². The van der Waals surface area contributed by atoms with Gasteiger partial charge in [0.2, 0.25) is 0 Å². The van der Waals surface area contributed by atoms with Gasteiger partial charge >= 0.3 is 6.03 Å². The van der Waals surface area contributed by atoms with Gasteiger partial charge in [0.15, 0.2) is 0 Å². The van der Waals surface area contributed by atoms with Crippen molar-refractivity contribution in [1.82, 2.24) is 4.90 Å². The molecule has 3 aromatic rings. The molecule has 2 aromatic heterocycles. The zero-order chi connectivity index (χ0) is 16.9. The third-order valence-corrected chi connectivity index (χ3v) is 4.50. The molecule has 2 heterocycles. The Hall–Kier alpha value is -2.53. The summed E-state index contributed by atoms with van der Waals surface area (Å²) in [6.07, 6.45) is 3.30. The summed E-state index contributed by atoms with van der Waals surface area (Å²) in [5.41, 5.74) is 4.05. The van der Waals surface area contributed by atoms with Gasteiger partial charge in [-0.1, -0.05) is 12.1 Å². The Morgan fingerprint density at radius 1 is 1.17 bits per heavy atom. The third kappa shape index (κ3) is 4.26. The van der Waals surface area contributed by atoms with E-state index in [1.807, 2.05) is 49.6 Å². The molecular weight excluding hydrogens is 320 g/mol. The van der Waals surface area contributed by atoms with Crippen LogP contribution in [0.4, 0.5) is 10.5 Å². The second kappa shape index (κ2) is 7.36. The Kier molecular flexibility index (Phi) is 5.01. The minimum atomic E-state index is -0.116. The quantitative estimate of drug-likeness (QED) is 0.694. The van der Waals surface area contributed by atoms with E-state index in [1.165, 1.54) is 0 Å². The standard InChI is InChI=1S/C19H20N2O2S/c1-14-8-15(2)10-17(9-14)20-19(22)21(11-16-5-6-23-13-16)12-18-4-3-7-24-18/h3-10,13H,11-12H2,1-2H3,(H,20,22). The lowest BCUT2D eigenvalue weighted by Gasteiger charge is -2.22. The third-order valence-electron chi connectivity index (χ3n) is 3.64. The Bertz CT molecular complexity index is 738. The van der Waals surface area contributed by atoms with Crippen LogP contribution in [0.15, 0.2) is 58.7 Å². The van der Waals surface area contributed by atoms with Gasteiger partial charge in [-0.25, -0.2) is 4.79 Å². The summed E-state index contributed by atoms with van der Waals surface area (Å²) in [6, 6.07) is 11.8. The molecule has 0 spiro atoms. The monoisotopic (exact) mass is 340 g/mol. The number of amides is 2. The number of benzene rings is 1. The molecule has 2 amide bonds. The molecule has 3 rings (SSSR count). The minimum absolute atomic E-state index is 0.116. The maximum atomic E-state index is 12.8. The Morgan fingerprint density at radius 2 is 1.96 bits per heavy atom. The van der Waals surface area contributed by atoms with E-state index in [0.717, 1.165) is 27.3 Å². The fraction of sp³-hybridized carbons (Fsp3) is 0.211. The van der Waals surface area contributed by atoms with E-state index in [9.17, 15) is 4.79 Å². The first-order valence-corrected chi connectivity index (χ1v) is 8.66. The number of anilines is 1. The summed E-state index contributed by atoms with van der Waals surface area (Å²) in [7, 11) is 0. The van der Waals surface area contributed by atoms with Crippen molar-refractivity contribution in [2.75, 3.05) is 5.32 Å². The van der Waals surface area contributed by atoms with Gasteiger partial charge in [0.1, 0.15) is 0 Å². The van der Waals surface area contributed by atoms with Gasteiger partial charge in [-0.15, -0.1) is 11.3 Å². The maximum Gasteiger partial charge on any atom is 0.322 e. The van der Waals surface area contributed by atoms with Gasteiger partial charge in [0.05, 0.1) is 25.6 Å². The van der Waals surface area contributed by atoms with Crippen LogP contribution >= 0.6 is 11.3 Å². The topological polar surface area (TPSA) is 45.5 Å². The molecule has 0 saturated carbocycles. The van der Waals surface area contributed by atoms with Crippen molar-refractivity contribution >= 4 is 23.1 Å². The summed E-state index contributed by atoms with van der Waals surface area (Å²) in [5, 5.41) is 5.03. The average molecular weight is 340 g/mol. The zero-order valence-electron chi connectivity index (χ0n) is 13.8. The van der Waals surface area contributed by atoms with E-state index in [0.29, 0.717) is 13.1 Å². The van der Waals surface area contributed by atoms with E-state index in [-0.39, 0.29) is 6.03 Å². The molecule has 5 heteroatoms. The van der Waals surface area contributed by atoms with Crippen LogP contribution in [0.5, 0.6) is 0 Å². The van der Waals surface area contributed by atoms with Gasteiger partial charge in [-0.3, -0.25) is 0 Å². The average Bonchev–Trinajstić information content (AvgIpc) is 3.19. The molecule has 0 bridgehead atoms. The van der Waals surface area contributed by atoms with Crippen molar-refractivity contribution < 1.29 is 9.21 Å². The van der Waals surface area contributed by atoms with Crippen molar-refractivity contribution in [3.63, 3.8) is 0 Å². The predicted octanol–water partition coefficient (Wildman–Crippen LogP) is 5.19. The molecule has 0 saturated heterocycles. The maximum absolute atomic E-state index is 12.8. The fourth-order valence-electron chi connectivity index (χ4n) is 2.64. The van der Waals surface area contributed by atoms with Gasteiger partial charge in [-0.05, 0) is 54.6 Å². The summed E-state index contributed by atoms with van der Waals surface area (Å²) >= 11 is 1.65. The number of carbonyl (C=O) groups excluding carboxylic acids is 1. The SMILES string of the molecule is Cc1cc(C)cc(NC(=O)N(Cc2ccoc2)Cc2cccs2)c1. The highest BCUT2D eigenvalue weighted by atomic mass is 32.1. The first-order chi connectivity index (χ1) is 11.6. The minimum Gasteiger partial charge on any atom is -0.472 e. The molecule has 0 fully saturated rings. The highest BCUT2D eigenvalue weighted by molar-refractivity contribution is 7.09. The fourth-order valence-corrected chi connectivity index (χ4v) is 3.36. The molecule has 0 radical (unpaired) electrons. The van der Waals surface area contributed by atoms with Crippen molar-refractivity contribution in [2.45, 2.75) is 26.9 Å². The highest BCUT2D eigenvalue weighted by Crippen LogP contribution is 2.18. The molecule has 0 unspecified atom stereocenters. The normalized spacial score (nSPS) is 10.6. The predicted molar refractivity (Wildman–Crippen MR) is 97.2 cm³/mol. The number of aryl methyl sites for hydroxylation is 2. The molecule has 1 aromatic carbocycles. The number of hydrogen-bond donors (Lipinski definition) is 1. The molecule has 24 heavy (non-hydrogen) atoms. The summed E-state index contributed by atoms with van der Waals surface area (Å²) < 4.78 is 5.12. The second-order valence-corrected chi connectivity index (χ2v) is 6.91.